The largest absolute Gasteiger partial charge is 0.463 e. The van der Waals surface area contributed by atoms with Gasteiger partial charge in [-0.3, -0.25) is 19.6 Å². The van der Waals surface area contributed by atoms with Crippen molar-refractivity contribution in [3.8, 4) is 0 Å². The molecule has 5 N–H and O–H groups in total. The molecule has 1 aromatic rings. The number of aliphatic hydroxyl groups excluding tert-OH is 5. The van der Waals surface area contributed by atoms with Gasteiger partial charge in [-0.1, -0.05) is 38.5 Å². The van der Waals surface area contributed by atoms with Crippen LogP contribution in [0, 0.1) is 11.8 Å². The molecule has 1 aromatic heterocycles. The monoisotopic (exact) mass is 524 g/mol. The number of hydrogen-bond donors (Lipinski definition) is 5. The molecule has 5 unspecified atom stereocenters. The van der Waals surface area contributed by atoms with Gasteiger partial charge in [0.25, 0.3) is 0 Å². The lowest BCUT2D eigenvalue weighted by molar-refractivity contribution is -0.157. The van der Waals surface area contributed by atoms with Crippen LogP contribution in [0.25, 0.3) is 0 Å². The second-order valence-electron chi connectivity index (χ2n) is 10.2. The van der Waals surface area contributed by atoms with Gasteiger partial charge in [0, 0.05) is 12.6 Å². The number of hydrogen-bond acceptors (Lipinski definition) is 11. The standard InChI is InChI=1S/C26H40N2O9/c29-20(21(30)14-36-25(34)16-7-3-1-4-8-16)11-18-12-28-19(13-27-18)23(32)24(33)22(31)15-37-26(35)17-9-5-2-6-10-17/h12-13,16-17,20-24,29-33H,1-11,14-15H2. The van der Waals surface area contributed by atoms with Crippen molar-refractivity contribution in [3.63, 3.8) is 0 Å². The summed E-state index contributed by atoms with van der Waals surface area (Å²) in [6.07, 6.45) is 4.21. The lowest BCUT2D eigenvalue weighted by Gasteiger charge is -2.24. The number of esters is 2. The second-order valence-corrected chi connectivity index (χ2v) is 10.2. The molecule has 0 bridgehead atoms. The molecule has 0 aliphatic heterocycles. The van der Waals surface area contributed by atoms with Gasteiger partial charge in [0.05, 0.1) is 35.5 Å². The van der Waals surface area contributed by atoms with E-state index in [-0.39, 0.29) is 36.5 Å². The van der Waals surface area contributed by atoms with Crippen LogP contribution in [0.15, 0.2) is 12.4 Å². The second kappa shape index (κ2) is 14.7. The summed E-state index contributed by atoms with van der Waals surface area (Å²) in [6, 6.07) is 0. The Bertz CT molecular complexity index is 841. The number of aliphatic hydroxyl groups is 5. The summed E-state index contributed by atoms with van der Waals surface area (Å²) in [5, 5.41) is 51.2. The fourth-order valence-electron chi connectivity index (χ4n) is 4.82. The van der Waals surface area contributed by atoms with E-state index in [0.29, 0.717) is 5.69 Å². The third kappa shape index (κ3) is 8.96. The van der Waals surface area contributed by atoms with Crippen molar-refractivity contribution in [2.24, 2.45) is 11.8 Å². The van der Waals surface area contributed by atoms with Crippen molar-refractivity contribution in [2.75, 3.05) is 13.2 Å². The van der Waals surface area contributed by atoms with Crippen LogP contribution in [0.3, 0.4) is 0 Å². The Balaban J connectivity index is 1.41. The molecule has 3 rings (SSSR count). The Labute approximate surface area is 216 Å². The maximum atomic E-state index is 12.1. The van der Waals surface area contributed by atoms with Gasteiger partial charge in [0.1, 0.15) is 37.6 Å². The zero-order chi connectivity index (χ0) is 26.8. The van der Waals surface area contributed by atoms with E-state index in [4.69, 9.17) is 9.47 Å². The molecule has 0 spiro atoms. The van der Waals surface area contributed by atoms with Crippen LogP contribution in [-0.2, 0) is 25.5 Å². The van der Waals surface area contributed by atoms with E-state index in [2.05, 4.69) is 9.97 Å². The maximum Gasteiger partial charge on any atom is 0.309 e. The summed E-state index contributed by atoms with van der Waals surface area (Å²) in [5.74, 6) is -1.11. The number of nitrogens with zero attached hydrogens (tertiary/aromatic N) is 2. The molecule has 5 atom stereocenters. The number of carbonyl (C=O) groups excluding carboxylic acids is 2. The molecule has 11 heteroatoms. The molecule has 11 nitrogen and oxygen atoms in total. The summed E-state index contributed by atoms with van der Waals surface area (Å²) < 4.78 is 10.3. The van der Waals surface area contributed by atoms with Crippen LogP contribution in [0.1, 0.15) is 81.7 Å². The highest BCUT2D eigenvalue weighted by Gasteiger charge is 2.30. The summed E-state index contributed by atoms with van der Waals surface area (Å²) in [6.45, 7) is -0.773. The van der Waals surface area contributed by atoms with Gasteiger partial charge in [-0.25, -0.2) is 0 Å². The predicted octanol–water partition coefficient (Wildman–Crippen LogP) is 0.743. The smallest absolute Gasteiger partial charge is 0.309 e. The van der Waals surface area contributed by atoms with E-state index in [1.54, 1.807) is 0 Å². The first-order chi connectivity index (χ1) is 17.8. The van der Waals surface area contributed by atoms with E-state index >= 15 is 0 Å². The fourth-order valence-corrected chi connectivity index (χ4v) is 4.82. The van der Waals surface area contributed by atoms with Crippen molar-refractivity contribution < 1.29 is 44.6 Å². The average Bonchev–Trinajstić information content (AvgIpc) is 2.94. The Morgan fingerprint density at radius 1 is 0.730 bits per heavy atom. The molecule has 0 saturated heterocycles. The van der Waals surface area contributed by atoms with Gasteiger partial charge >= 0.3 is 11.9 Å². The molecular formula is C26H40N2O9. The van der Waals surface area contributed by atoms with E-state index in [0.717, 1.165) is 64.2 Å². The molecule has 0 amide bonds. The molecular weight excluding hydrogens is 484 g/mol. The van der Waals surface area contributed by atoms with Crippen molar-refractivity contribution in [2.45, 2.75) is 101 Å². The first kappa shape index (κ1) is 29.4. The Morgan fingerprint density at radius 2 is 1.24 bits per heavy atom. The highest BCUT2D eigenvalue weighted by atomic mass is 16.5. The minimum atomic E-state index is -1.66. The molecule has 208 valence electrons. The van der Waals surface area contributed by atoms with Crippen molar-refractivity contribution in [3.05, 3.63) is 23.8 Å². The van der Waals surface area contributed by atoms with Crippen LogP contribution in [0.2, 0.25) is 0 Å². The van der Waals surface area contributed by atoms with Crippen LogP contribution < -0.4 is 0 Å². The number of carbonyl (C=O) groups is 2. The summed E-state index contributed by atoms with van der Waals surface area (Å²) in [7, 11) is 0. The molecule has 37 heavy (non-hydrogen) atoms. The van der Waals surface area contributed by atoms with Gasteiger partial charge in [0.15, 0.2) is 0 Å². The van der Waals surface area contributed by atoms with Gasteiger partial charge < -0.3 is 35.0 Å². The Hall–Kier alpha value is -2.18. The van der Waals surface area contributed by atoms with E-state index in [1.165, 1.54) is 12.4 Å². The van der Waals surface area contributed by atoms with Gasteiger partial charge in [-0.2, -0.15) is 0 Å². The number of ether oxygens (including phenoxy) is 2. The maximum absolute atomic E-state index is 12.1. The molecule has 2 aliphatic carbocycles. The summed E-state index contributed by atoms with van der Waals surface area (Å²) in [4.78, 5) is 32.4. The third-order valence-corrected chi connectivity index (χ3v) is 7.28. The molecule has 0 aromatic carbocycles. The Kier molecular flexibility index (Phi) is 11.7. The molecule has 2 saturated carbocycles. The van der Waals surface area contributed by atoms with Gasteiger partial charge in [-0.15, -0.1) is 0 Å². The minimum Gasteiger partial charge on any atom is -0.463 e. The van der Waals surface area contributed by atoms with Crippen molar-refractivity contribution >= 4 is 11.9 Å². The van der Waals surface area contributed by atoms with Crippen LogP contribution in [-0.4, -0.2) is 85.1 Å². The average molecular weight is 525 g/mol. The van der Waals surface area contributed by atoms with Crippen molar-refractivity contribution in [1.82, 2.24) is 9.97 Å². The van der Waals surface area contributed by atoms with Crippen LogP contribution in [0.5, 0.6) is 0 Å². The highest BCUT2D eigenvalue weighted by Crippen LogP contribution is 2.26. The SMILES string of the molecule is O=C(OCC(O)C(O)Cc1cnc(C(O)C(O)C(O)COC(=O)C2CCCCC2)cn1)C1CCCCC1. The minimum absolute atomic E-state index is 0.0228. The zero-order valence-corrected chi connectivity index (χ0v) is 21.2. The normalized spacial score (nSPS) is 21.4. The summed E-state index contributed by atoms with van der Waals surface area (Å²) >= 11 is 0. The lowest BCUT2D eigenvalue weighted by atomic mass is 9.89. The Morgan fingerprint density at radius 3 is 1.73 bits per heavy atom. The predicted molar refractivity (Wildman–Crippen MR) is 130 cm³/mol. The third-order valence-electron chi connectivity index (χ3n) is 7.28. The first-order valence-electron chi connectivity index (χ1n) is 13.3. The number of aromatic nitrogens is 2. The van der Waals surface area contributed by atoms with Crippen LogP contribution >= 0.6 is 0 Å². The van der Waals surface area contributed by atoms with Gasteiger partial charge in [-0.05, 0) is 25.7 Å². The summed E-state index contributed by atoms with van der Waals surface area (Å²) in [5.41, 5.74) is 0.280. The highest BCUT2D eigenvalue weighted by molar-refractivity contribution is 5.72. The quantitative estimate of drug-likeness (QED) is 0.243. The topological polar surface area (TPSA) is 180 Å². The molecule has 1 heterocycles. The first-order valence-corrected chi connectivity index (χ1v) is 13.3. The fraction of sp³-hybridized carbons (Fsp3) is 0.769. The lowest BCUT2D eigenvalue weighted by Crippen LogP contribution is -2.37. The zero-order valence-electron chi connectivity index (χ0n) is 21.2. The molecule has 2 fully saturated rings. The van der Waals surface area contributed by atoms with Crippen LogP contribution in [0.4, 0.5) is 0 Å². The van der Waals surface area contributed by atoms with E-state index in [1.807, 2.05) is 0 Å². The molecule has 0 radical (unpaired) electrons. The number of rotatable bonds is 12. The molecule has 2 aliphatic rings. The van der Waals surface area contributed by atoms with Gasteiger partial charge in [0.2, 0.25) is 0 Å². The van der Waals surface area contributed by atoms with E-state index in [9.17, 15) is 35.1 Å². The van der Waals surface area contributed by atoms with Crippen molar-refractivity contribution in [1.29, 1.82) is 0 Å². The van der Waals surface area contributed by atoms with E-state index < -0.39 is 43.1 Å².